The number of aryl methyl sites for hydroxylation is 2. The van der Waals surface area contributed by atoms with Gasteiger partial charge in [-0.05, 0) is 31.9 Å². The van der Waals surface area contributed by atoms with Crippen molar-refractivity contribution in [2.24, 2.45) is 0 Å². The lowest BCUT2D eigenvalue weighted by Gasteiger charge is -2.09. The molecule has 0 N–H and O–H groups in total. The van der Waals surface area contributed by atoms with Crippen LogP contribution >= 0.6 is 0 Å². The first kappa shape index (κ1) is 16.4. The molecule has 0 saturated heterocycles. The van der Waals surface area contributed by atoms with E-state index < -0.39 is 0 Å². The third kappa shape index (κ3) is 3.73. The van der Waals surface area contributed by atoms with Crippen LogP contribution in [0.2, 0.25) is 0 Å². The van der Waals surface area contributed by atoms with Crippen LogP contribution in [-0.4, -0.2) is 15.0 Å². The predicted molar refractivity (Wildman–Crippen MR) is 99.4 cm³/mol. The van der Waals surface area contributed by atoms with E-state index in [1.807, 2.05) is 10.7 Å². The molecule has 3 aromatic rings. The second-order valence-corrected chi connectivity index (χ2v) is 6.31. The third-order valence-corrected chi connectivity index (χ3v) is 4.33. The standard InChI is InChI=1S/C21H25N3/c1-3-4-5-9-12-20-21(18-10-7-6-8-11-18)24(23-22-20)19-15-13-17(2)14-16-19/h6-8,10-11,13-16H,3-5,9,12H2,1-2H3. The first-order valence-electron chi connectivity index (χ1n) is 8.86. The topological polar surface area (TPSA) is 30.7 Å². The maximum atomic E-state index is 4.50. The van der Waals surface area contributed by atoms with E-state index in [9.17, 15) is 0 Å². The predicted octanol–water partition coefficient (Wildman–Crippen LogP) is 5.37. The molecule has 0 amide bonds. The van der Waals surface area contributed by atoms with Crippen molar-refractivity contribution < 1.29 is 0 Å². The normalized spacial score (nSPS) is 10.9. The lowest BCUT2D eigenvalue weighted by atomic mass is 10.0. The van der Waals surface area contributed by atoms with Gasteiger partial charge in [0.05, 0.1) is 17.1 Å². The zero-order chi connectivity index (χ0) is 16.8. The van der Waals surface area contributed by atoms with Crippen molar-refractivity contribution in [1.29, 1.82) is 0 Å². The van der Waals surface area contributed by atoms with Gasteiger partial charge in [0.1, 0.15) is 0 Å². The van der Waals surface area contributed by atoms with Crippen molar-refractivity contribution in [1.82, 2.24) is 15.0 Å². The van der Waals surface area contributed by atoms with Crippen LogP contribution in [0.1, 0.15) is 43.9 Å². The van der Waals surface area contributed by atoms with Gasteiger partial charge in [-0.15, -0.1) is 5.10 Å². The van der Waals surface area contributed by atoms with E-state index in [1.54, 1.807) is 0 Å². The molecule has 2 aromatic carbocycles. The summed E-state index contributed by atoms with van der Waals surface area (Å²) in [5, 5.41) is 8.96. The Hall–Kier alpha value is -2.42. The monoisotopic (exact) mass is 319 g/mol. The number of hydrogen-bond acceptors (Lipinski definition) is 2. The van der Waals surface area contributed by atoms with Gasteiger partial charge in [0.2, 0.25) is 0 Å². The van der Waals surface area contributed by atoms with Gasteiger partial charge < -0.3 is 0 Å². The van der Waals surface area contributed by atoms with E-state index >= 15 is 0 Å². The Balaban J connectivity index is 1.96. The minimum absolute atomic E-state index is 0.982. The van der Waals surface area contributed by atoms with Gasteiger partial charge in [-0.2, -0.15) is 0 Å². The van der Waals surface area contributed by atoms with Gasteiger partial charge in [-0.25, -0.2) is 4.68 Å². The highest BCUT2D eigenvalue weighted by Crippen LogP contribution is 2.26. The van der Waals surface area contributed by atoms with Crippen LogP contribution in [0, 0.1) is 6.92 Å². The molecule has 0 aliphatic heterocycles. The van der Waals surface area contributed by atoms with Crippen LogP contribution in [-0.2, 0) is 6.42 Å². The van der Waals surface area contributed by atoms with E-state index in [2.05, 4.69) is 72.7 Å². The van der Waals surface area contributed by atoms with Crippen molar-refractivity contribution in [3.63, 3.8) is 0 Å². The first-order valence-corrected chi connectivity index (χ1v) is 8.86. The highest BCUT2D eigenvalue weighted by molar-refractivity contribution is 5.64. The summed E-state index contributed by atoms with van der Waals surface area (Å²) in [6.45, 7) is 4.34. The smallest absolute Gasteiger partial charge is 0.0976 e. The lowest BCUT2D eigenvalue weighted by Crippen LogP contribution is -2.00. The van der Waals surface area contributed by atoms with Crippen LogP contribution in [0.3, 0.4) is 0 Å². The van der Waals surface area contributed by atoms with Gasteiger partial charge in [-0.1, -0.05) is 79.4 Å². The molecular formula is C21H25N3. The summed E-state index contributed by atoms with van der Waals surface area (Å²) >= 11 is 0. The molecule has 24 heavy (non-hydrogen) atoms. The van der Waals surface area contributed by atoms with E-state index in [0.29, 0.717) is 0 Å². The van der Waals surface area contributed by atoms with Crippen molar-refractivity contribution in [3.05, 3.63) is 65.9 Å². The summed E-state index contributed by atoms with van der Waals surface area (Å²) in [5.74, 6) is 0. The van der Waals surface area contributed by atoms with Crippen molar-refractivity contribution >= 4 is 0 Å². The highest BCUT2D eigenvalue weighted by atomic mass is 15.4. The fourth-order valence-electron chi connectivity index (χ4n) is 2.95. The number of unbranched alkanes of at least 4 members (excludes halogenated alkanes) is 3. The van der Waals surface area contributed by atoms with Crippen molar-refractivity contribution in [3.8, 4) is 16.9 Å². The third-order valence-electron chi connectivity index (χ3n) is 4.33. The number of rotatable bonds is 7. The average molecular weight is 319 g/mol. The molecule has 0 unspecified atom stereocenters. The molecule has 0 aliphatic carbocycles. The largest absolute Gasteiger partial charge is 0.213 e. The van der Waals surface area contributed by atoms with E-state index in [4.69, 9.17) is 0 Å². The summed E-state index contributed by atoms with van der Waals surface area (Å²) in [4.78, 5) is 0. The Morgan fingerprint density at radius 2 is 1.62 bits per heavy atom. The molecule has 124 valence electrons. The van der Waals surface area contributed by atoms with Crippen molar-refractivity contribution in [2.45, 2.75) is 46.0 Å². The average Bonchev–Trinajstić information content (AvgIpc) is 3.04. The molecular weight excluding hydrogens is 294 g/mol. The Labute approximate surface area is 144 Å². The minimum atomic E-state index is 0.982. The summed E-state index contributed by atoms with van der Waals surface area (Å²) in [7, 11) is 0. The van der Waals surface area contributed by atoms with Crippen LogP contribution in [0.4, 0.5) is 0 Å². The molecule has 0 bridgehead atoms. The second-order valence-electron chi connectivity index (χ2n) is 6.31. The van der Waals surface area contributed by atoms with Gasteiger partial charge in [-0.3, -0.25) is 0 Å². The summed E-state index contributed by atoms with van der Waals surface area (Å²) in [6.07, 6.45) is 5.94. The lowest BCUT2D eigenvalue weighted by molar-refractivity contribution is 0.659. The second kappa shape index (κ2) is 7.91. The summed E-state index contributed by atoms with van der Waals surface area (Å²) in [5.41, 5.74) is 5.70. The van der Waals surface area contributed by atoms with Crippen molar-refractivity contribution in [2.75, 3.05) is 0 Å². The van der Waals surface area contributed by atoms with Gasteiger partial charge in [0, 0.05) is 5.56 Å². The Bertz CT molecular complexity index is 758. The molecule has 0 atom stereocenters. The molecule has 1 aromatic heterocycles. The summed E-state index contributed by atoms with van der Waals surface area (Å²) < 4.78 is 1.98. The number of benzene rings is 2. The minimum Gasteiger partial charge on any atom is -0.213 e. The molecule has 3 nitrogen and oxygen atoms in total. The molecule has 1 heterocycles. The molecule has 0 aliphatic rings. The van der Waals surface area contributed by atoms with Gasteiger partial charge in [0.25, 0.3) is 0 Å². The summed E-state index contributed by atoms with van der Waals surface area (Å²) in [6, 6.07) is 18.9. The molecule has 0 saturated carbocycles. The fourth-order valence-corrected chi connectivity index (χ4v) is 2.95. The molecule has 3 heteroatoms. The van der Waals surface area contributed by atoms with E-state index in [0.717, 1.165) is 23.5 Å². The Morgan fingerprint density at radius 1 is 0.875 bits per heavy atom. The molecule has 3 rings (SSSR count). The molecule has 0 fully saturated rings. The molecule has 0 spiro atoms. The van der Waals surface area contributed by atoms with Gasteiger partial charge >= 0.3 is 0 Å². The number of nitrogens with zero attached hydrogens (tertiary/aromatic N) is 3. The maximum Gasteiger partial charge on any atom is 0.0976 e. The van der Waals surface area contributed by atoms with E-state index in [1.165, 1.54) is 36.8 Å². The first-order chi connectivity index (χ1) is 11.8. The zero-order valence-electron chi connectivity index (χ0n) is 14.6. The van der Waals surface area contributed by atoms with Crippen LogP contribution in [0.25, 0.3) is 16.9 Å². The highest BCUT2D eigenvalue weighted by Gasteiger charge is 2.15. The Morgan fingerprint density at radius 3 is 2.33 bits per heavy atom. The van der Waals surface area contributed by atoms with Crippen LogP contribution in [0.5, 0.6) is 0 Å². The Kier molecular flexibility index (Phi) is 5.42. The maximum absolute atomic E-state index is 4.50. The number of aromatic nitrogens is 3. The molecule has 0 radical (unpaired) electrons. The van der Waals surface area contributed by atoms with E-state index in [-0.39, 0.29) is 0 Å². The van der Waals surface area contributed by atoms with Crippen LogP contribution < -0.4 is 0 Å². The van der Waals surface area contributed by atoms with Crippen LogP contribution in [0.15, 0.2) is 54.6 Å². The zero-order valence-corrected chi connectivity index (χ0v) is 14.6. The SMILES string of the molecule is CCCCCCc1nnn(-c2ccc(C)cc2)c1-c1ccccc1. The number of hydrogen-bond donors (Lipinski definition) is 0. The fraction of sp³-hybridized carbons (Fsp3) is 0.333. The van der Waals surface area contributed by atoms with Gasteiger partial charge in [0.15, 0.2) is 0 Å². The quantitative estimate of drug-likeness (QED) is 0.548.